The fourth-order valence-corrected chi connectivity index (χ4v) is 1.98. The lowest BCUT2D eigenvalue weighted by molar-refractivity contribution is 0.251. The van der Waals surface area contributed by atoms with Crippen LogP contribution in [0.4, 0.5) is 10.5 Å². The van der Waals surface area contributed by atoms with Gasteiger partial charge in [0, 0.05) is 7.05 Å². The van der Waals surface area contributed by atoms with Crippen molar-refractivity contribution in [2.45, 2.75) is 20.3 Å². The first kappa shape index (κ1) is 15.8. The summed E-state index contributed by atoms with van der Waals surface area (Å²) in [4.78, 5) is 17.7. The number of para-hydroxylation sites is 1. The number of aryl methyl sites for hydroxylation is 2. The number of nitrogens with one attached hydrogen (secondary N) is 1. The molecule has 0 radical (unpaired) electrons. The topological polar surface area (TPSA) is 70.7 Å². The Kier molecular flexibility index (Phi) is 5.77. The fraction of sp³-hybridized carbons (Fsp3) is 0.333. The predicted octanol–water partition coefficient (Wildman–Crippen LogP) is 2.20. The molecule has 20 heavy (non-hydrogen) atoms. The van der Waals surface area contributed by atoms with E-state index < -0.39 is 0 Å². The summed E-state index contributed by atoms with van der Waals surface area (Å²) in [5.41, 5.74) is 8.70. The minimum Gasteiger partial charge on any atom is -0.370 e. The van der Waals surface area contributed by atoms with Crippen LogP contribution in [0.3, 0.4) is 0 Å². The molecule has 0 saturated carbocycles. The van der Waals surface area contributed by atoms with Gasteiger partial charge in [-0.2, -0.15) is 0 Å². The number of nitrogens with zero attached hydrogens (tertiary/aromatic N) is 2. The van der Waals surface area contributed by atoms with Crippen LogP contribution in [0.25, 0.3) is 0 Å². The number of amides is 2. The minimum atomic E-state index is -0.306. The van der Waals surface area contributed by atoms with Crippen molar-refractivity contribution < 1.29 is 4.79 Å². The highest BCUT2D eigenvalue weighted by Gasteiger charge is 2.16. The highest BCUT2D eigenvalue weighted by molar-refractivity contribution is 6.03. The number of hydrogen-bond acceptors (Lipinski definition) is 2. The molecule has 0 spiro atoms. The van der Waals surface area contributed by atoms with Gasteiger partial charge in [-0.15, -0.1) is 6.58 Å². The molecular formula is C15H22N4O. The summed E-state index contributed by atoms with van der Waals surface area (Å²) >= 11 is 0. The number of benzene rings is 1. The molecule has 0 aliphatic carbocycles. The third-order valence-electron chi connectivity index (χ3n) is 2.97. The summed E-state index contributed by atoms with van der Waals surface area (Å²) in [6.45, 7) is 7.96. The smallest absolute Gasteiger partial charge is 0.328 e. The third kappa shape index (κ3) is 3.85. The number of aliphatic imine (C=N–C) groups is 1. The van der Waals surface area contributed by atoms with Gasteiger partial charge in [-0.3, -0.25) is 10.2 Å². The highest BCUT2D eigenvalue weighted by atomic mass is 16.2. The van der Waals surface area contributed by atoms with Crippen LogP contribution in [0.5, 0.6) is 0 Å². The summed E-state index contributed by atoms with van der Waals surface area (Å²) in [5, 5.41) is 2.56. The second kappa shape index (κ2) is 7.33. The lowest BCUT2D eigenvalue weighted by atomic mass is 10.1. The number of urea groups is 1. The van der Waals surface area contributed by atoms with Crippen LogP contribution in [-0.2, 0) is 6.42 Å². The molecule has 0 heterocycles. The molecule has 0 atom stereocenters. The first-order valence-corrected chi connectivity index (χ1v) is 6.55. The molecule has 1 rings (SSSR count). The first-order chi connectivity index (χ1) is 9.51. The van der Waals surface area contributed by atoms with Gasteiger partial charge < -0.3 is 5.73 Å². The second-order valence-electron chi connectivity index (χ2n) is 4.44. The number of nitrogens with two attached hydrogens (primary N) is 1. The Bertz CT molecular complexity index is 523. The van der Waals surface area contributed by atoms with Crippen LogP contribution in [-0.4, -0.2) is 25.6 Å². The van der Waals surface area contributed by atoms with E-state index in [2.05, 4.69) is 23.8 Å². The van der Waals surface area contributed by atoms with Crippen LogP contribution in [0.2, 0.25) is 0 Å². The van der Waals surface area contributed by atoms with E-state index in [-0.39, 0.29) is 12.0 Å². The number of hydrogen-bond donors (Lipinski definition) is 2. The molecule has 0 aliphatic rings. The van der Waals surface area contributed by atoms with Gasteiger partial charge in [-0.1, -0.05) is 31.2 Å². The van der Waals surface area contributed by atoms with Gasteiger partial charge in [0.05, 0.1) is 12.2 Å². The SMILES string of the molecule is C=CCN=C(N)NC(=O)N(C)c1c(C)cccc1CC. The van der Waals surface area contributed by atoms with E-state index in [0.29, 0.717) is 6.54 Å². The molecule has 5 nitrogen and oxygen atoms in total. The lowest BCUT2D eigenvalue weighted by Gasteiger charge is -2.22. The molecule has 0 saturated heterocycles. The number of guanidine groups is 1. The molecule has 2 amide bonds. The van der Waals surface area contributed by atoms with Crippen molar-refractivity contribution >= 4 is 17.7 Å². The van der Waals surface area contributed by atoms with Crippen LogP contribution in [0.1, 0.15) is 18.1 Å². The Morgan fingerprint density at radius 2 is 2.25 bits per heavy atom. The van der Waals surface area contributed by atoms with E-state index in [4.69, 9.17) is 5.73 Å². The largest absolute Gasteiger partial charge is 0.370 e. The Labute approximate surface area is 120 Å². The minimum absolute atomic E-state index is 0.0911. The molecule has 0 unspecified atom stereocenters. The van der Waals surface area contributed by atoms with Crippen molar-refractivity contribution in [3.8, 4) is 0 Å². The van der Waals surface area contributed by atoms with E-state index in [9.17, 15) is 4.79 Å². The number of rotatable bonds is 4. The van der Waals surface area contributed by atoms with E-state index in [1.54, 1.807) is 18.0 Å². The fourth-order valence-electron chi connectivity index (χ4n) is 1.98. The molecule has 108 valence electrons. The highest BCUT2D eigenvalue weighted by Crippen LogP contribution is 2.24. The molecule has 1 aromatic rings. The second-order valence-corrected chi connectivity index (χ2v) is 4.44. The molecule has 0 fully saturated rings. The zero-order chi connectivity index (χ0) is 15.1. The van der Waals surface area contributed by atoms with Crippen LogP contribution in [0.15, 0.2) is 35.8 Å². The van der Waals surface area contributed by atoms with Gasteiger partial charge in [0.25, 0.3) is 0 Å². The molecule has 5 heteroatoms. The normalized spacial score (nSPS) is 11.1. The van der Waals surface area contributed by atoms with Crippen molar-refractivity contribution in [1.82, 2.24) is 5.32 Å². The van der Waals surface area contributed by atoms with Gasteiger partial charge >= 0.3 is 6.03 Å². The van der Waals surface area contributed by atoms with Gasteiger partial charge in [0.1, 0.15) is 0 Å². The molecule has 1 aromatic carbocycles. The average molecular weight is 274 g/mol. The Morgan fingerprint density at radius 1 is 1.55 bits per heavy atom. The molecule has 0 aliphatic heterocycles. The summed E-state index contributed by atoms with van der Waals surface area (Å²) in [6.07, 6.45) is 2.47. The van der Waals surface area contributed by atoms with Gasteiger partial charge in [-0.25, -0.2) is 9.79 Å². The summed E-state index contributed by atoms with van der Waals surface area (Å²) in [7, 11) is 1.72. The van der Waals surface area contributed by atoms with Crippen molar-refractivity contribution in [1.29, 1.82) is 0 Å². The monoisotopic (exact) mass is 274 g/mol. The van der Waals surface area contributed by atoms with E-state index in [1.807, 2.05) is 25.1 Å². The van der Waals surface area contributed by atoms with Crippen LogP contribution < -0.4 is 16.0 Å². The zero-order valence-electron chi connectivity index (χ0n) is 12.3. The number of anilines is 1. The lowest BCUT2D eigenvalue weighted by Crippen LogP contribution is -2.45. The summed E-state index contributed by atoms with van der Waals surface area (Å²) < 4.78 is 0. The van der Waals surface area contributed by atoms with Crippen molar-refractivity contribution in [3.05, 3.63) is 42.0 Å². The summed E-state index contributed by atoms with van der Waals surface area (Å²) in [5.74, 6) is 0.0911. The summed E-state index contributed by atoms with van der Waals surface area (Å²) in [6, 6.07) is 5.68. The quantitative estimate of drug-likeness (QED) is 0.502. The third-order valence-corrected chi connectivity index (χ3v) is 2.97. The molecule has 3 N–H and O–H groups in total. The maximum Gasteiger partial charge on any atom is 0.328 e. The molecular weight excluding hydrogens is 252 g/mol. The Morgan fingerprint density at radius 3 is 2.85 bits per heavy atom. The Balaban J connectivity index is 2.92. The van der Waals surface area contributed by atoms with Gasteiger partial charge in [-0.05, 0) is 24.5 Å². The number of carbonyl (C=O) groups is 1. The molecule has 0 aromatic heterocycles. The maximum absolute atomic E-state index is 12.2. The average Bonchev–Trinajstić information content (AvgIpc) is 2.43. The maximum atomic E-state index is 12.2. The zero-order valence-corrected chi connectivity index (χ0v) is 12.3. The predicted molar refractivity (Wildman–Crippen MR) is 84.2 cm³/mol. The Hall–Kier alpha value is -2.30. The van der Waals surface area contributed by atoms with E-state index in [1.165, 1.54) is 0 Å². The van der Waals surface area contributed by atoms with E-state index in [0.717, 1.165) is 23.2 Å². The van der Waals surface area contributed by atoms with Gasteiger partial charge in [0.15, 0.2) is 5.96 Å². The molecule has 0 bridgehead atoms. The van der Waals surface area contributed by atoms with Crippen LogP contribution >= 0.6 is 0 Å². The standard InChI is InChI=1S/C15H22N4O/c1-5-10-17-14(16)18-15(20)19(4)13-11(3)8-7-9-12(13)6-2/h5,7-9H,1,6,10H2,2-4H3,(H3,16,17,18,20). The van der Waals surface area contributed by atoms with Gasteiger partial charge in [0.2, 0.25) is 0 Å². The van der Waals surface area contributed by atoms with Crippen molar-refractivity contribution in [3.63, 3.8) is 0 Å². The number of carbonyl (C=O) groups excluding carboxylic acids is 1. The van der Waals surface area contributed by atoms with Crippen molar-refractivity contribution in [2.75, 3.05) is 18.5 Å². The van der Waals surface area contributed by atoms with E-state index >= 15 is 0 Å². The first-order valence-electron chi connectivity index (χ1n) is 6.55. The van der Waals surface area contributed by atoms with Crippen molar-refractivity contribution in [2.24, 2.45) is 10.7 Å². The van der Waals surface area contributed by atoms with Crippen LogP contribution in [0, 0.1) is 6.92 Å².